The molecule has 132 valence electrons. The van der Waals surface area contributed by atoms with E-state index >= 15 is 0 Å². The molecule has 3 rings (SSSR count). The van der Waals surface area contributed by atoms with Crippen LogP contribution >= 0.6 is 0 Å². The maximum atomic E-state index is 12.1. The number of aliphatic hydroxyl groups is 1. The van der Waals surface area contributed by atoms with E-state index in [4.69, 9.17) is 4.74 Å². The summed E-state index contributed by atoms with van der Waals surface area (Å²) in [5, 5.41) is 13.4. The van der Waals surface area contributed by atoms with E-state index in [9.17, 15) is 9.90 Å². The molecule has 0 bridgehead atoms. The van der Waals surface area contributed by atoms with Gasteiger partial charge in [0.05, 0.1) is 6.54 Å². The van der Waals surface area contributed by atoms with Crippen LogP contribution in [0.5, 0.6) is 5.75 Å². The summed E-state index contributed by atoms with van der Waals surface area (Å²) in [7, 11) is 0. The number of aryl methyl sites for hydroxylation is 1. The van der Waals surface area contributed by atoms with E-state index in [-0.39, 0.29) is 19.1 Å². The quantitative estimate of drug-likeness (QED) is 0.839. The molecule has 25 heavy (non-hydrogen) atoms. The summed E-state index contributed by atoms with van der Waals surface area (Å²) < 4.78 is 5.71. The van der Waals surface area contributed by atoms with Crippen molar-refractivity contribution in [2.75, 3.05) is 31.6 Å². The van der Waals surface area contributed by atoms with Crippen molar-refractivity contribution in [3.8, 4) is 5.75 Å². The molecule has 0 aliphatic carbocycles. The minimum Gasteiger partial charge on any atom is -0.491 e. The highest BCUT2D eigenvalue weighted by atomic mass is 16.5. The highest BCUT2D eigenvalue weighted by Gasteiger charge is 2.37. The van der Waals surface area contributed by atoms with Crippen molar-refractivity contribution in [1.82, 2.24) is 9.88 Å². The van der Waals surface area contributed by atoms with E-state index in [1.165, 1.54) is 0 Å². The average molecular weight is 341 g/mol. The number of likely N-dealkylation sites (tertiary alicyclic amines) is 1. The molecular formula is C19H23N3O3. The van der Waals surface area contributed by atoms with Gasteiger partial charge in [0, 0.05) is 19.3 Å². The molecule has 6 heteroatoms. The largest absolute Gasteiger partial charge is 0.491 e. The monoisotopic (exact) mass is 341 g/mol. The number of nitrogens with zero attached hydrogens (tertiary/aromatic N) is 2. The second-order valence-corrected chi connectivity index (χ2v) is 6.55. The lowest BCUT2D eigenvalue weighted by Crippen LogP contribution is -2.41. The molecule has 6 nitrogen and oxygen atoms in total. The third kappa shape index (κ3) is 5.01. The van der Waals surface area contributed by atoms with Crippen molar-refractivity contribution in [3.05, 3.63) is 54.2 Å². The van der Waals surface area contributed by atoms with Crippen molar-refractivity contribution < 1.29 is 14.6 Å². The highest BCUT2D eigenvalue weighted by Crippen LogP contribution is 2.23. The molecule has 1 saturated heterocycles. The zero-order chi connectivity index (χ0) is 17.7. The fourth-order valence-electron chi connectivity index (χ4n) is 2.87. The summed E-state index contributed by atoms with van der Waals surface area (Å²) in [5.41, 5.74) is 0.230. The van der Waals surface area contributed by atoms with E-state index in [0.717, 1.165) is 11.3 Å². The topological polar surface area (TPSA) is 74.7 Å². The number of carbonyl (C=O) groups is 1. The smallest absolute Gasteiger partial charge is 0.239 e. The second-order valence-electron chi connectivity index (χ2n) is 6.55. The molecule has 2 aromatic rings. The molecule has 1 amide bonds. The molecular weight excluding hydrogens is 318 g/mol. The predicted molar refractivity (Wildman–Crippen MR) is 95.5 cm³/mol. The summed E-state index contributed by atoms with van der Waals surface area (Å²) in [6, 6.07) is 13.1. The van der Waals surface area contributed by atoms with Gasteiger partial charge in [-0.2, -0.15) is 0 Å². The van der Waals surface area contributed by atoms with Crippen molar-refractivity contribution >= 4 is 11.7 Å². The van der Waals surface area contributed by atoms with Crippen LogP contribution in [0.1, 0.15) is 12.0 Å². The summed E-state index contributed by atoms with van der Waals surface area (Å²) >= 11 is 0. The van der Waals surface area contributed by atoms with Crippen LogP contribution < -0.4 is 10.1 Å². The molecule has 1 aromatic heterocycles. The van der Waals surface area contributed by atoms with E-state index in [0.29, 0.717) is 25.3 Å². The Labute approximate surface area is 147 Å². The van der Waals surface area contributed by atoms with Gasteiger partial charge in [-0.25, -0.2) is 4.98 Å². The van der Waals surface area contributed by atoms with Gasteiger partial charge in [0.1, 0.15) is 23.8 Å². The van der Waals surface area contributed by atoms with Crippen LogP contribution in [0, 0.1) is 6.92 Å². The van der Waals surface area contributed by atoms with Gasteiger partial charge in [0.25, 0.3) is 0 Å². The van der Waals surface area contributed by atoms with Crippen molar-refractivity contribution in [3.63, 3.8) is 0 Å². The number of anilines is 1. The molecule has 1 atom stereocenters. The minimum absolute atomic E-state index is 0.137. The number of carbonyl (C=O) groups excluding carboxylic acids is 1. The SMILES string of the molecule is Cc1ccc(OC[C@@]2(O)CCN(CC(=O)Nc3ccccn3)C2)cc1. The molecule has 0 saturated carbocycles. The van der Waals surface area contributed by atoms with Gasteiger partial charge in [-0.1, -0.05) is 23.8 Å². The van der Waals surface area contributed by atoms with Crippen LogP contribution in [-0.4, -0.2) is 52.7 Å². The number of ether oxygens (including phenoxy) is 1. The molecule has 1 aromatic carbocycles. The van der Waals surface area contributed by atoms with Crippen molar-refractivity contribution in [1.29, 1.82) is 0 Å². The number of benzene rings is 1. The van der Waals surface area contributed by atoms with Crippen LogP contribution in [0.3, 0.4) is 0 Å². The van der Waals surface area contributed by atoms with E-state index in [2.05, 4.69) is 10.3 Å². The zero-order valence-electron chi connectivity index (χ0n) is 14.3. The Hall–Kier alpha value is -2.44. The Balaban J connectivity index is 1.47. The fourth-order valence-corrected chi connectivity index (χ4v) is 2.87. The molecule has 2 N–H and O–H groups in total. The first kappa shape index (κ1) is 17.4. The molecule has 1 aliphatic rings. The predicted octanol–water partition coefficient (Wildman–Crippen LogP) is 1.84. The van der Waals surface area contributed by atoms with Gasteiger partial charge < -0.3 is 15.2 Å². The molecule has 0 radical (unpaired) electrons. The lowest BCUT2D eigenvalue weighted by Gasteiger charge is -2.23. The standard InChI is InChI=1S/C19H23N3O3/c1-15-5-7-16(8-6-15)25-14-19(24)9-11-22(13-19)12-18(23)21-17-4-2-3-10-20-17/h2-8,10,24H,9,11-14H2,1H3,(H,20,21,23)/t19-/m1/s1. The van der Waals surface area contributed by atoms with E-state index < -0.39 is 5.60 Å². The first-order valence-corrected chi connectivity index (χ1v) is 8.38. The number of nitrogens with one attached hydrogen (secondary N) is 1. The van der Waals surface area contributed by atoms with Gasteiger partial charge in [-0.05, 0) is 37.6 Å². The van der Waals surface area contributed by atoms with Crippen LogP contribution in [0.25, 0.3) is 0 Å². The Kier molecular flexibility index (Phi) is 5.31. The molecule has 0 unspecified atom stereocenters. The van der Waals surface area contributed by atoms with E-state index in [1.807, 2.05) is 42.2 Å². The second kappa shape index (κ2) is 7.63. The van der Waals surface area contributed by atoms with Crippen LogP contribution in [-0.2, 0) is 4.79 Å². The maximum absolute atomic E-state index is 12.1. The third-order valence-corrected chi connectivity index (χ3v) is 4.24. The highest BCUT2D eigenvalue weighted by molar-refractivity contribution is 5.91. The maximum Gasteiger partial charge on any atom is 0.239 e. The summed E-state index contributed by atoms with van der Waals surface area (Å²) in [6.07, 6.45) is 2.21. The average Bonchev–Trinajstić information content (AvgIpc) is 2.96. The third-order valence-electron chi connectivity index (χ3n) is 4.24. The lowest BCUT2D eigenvalue weighted by molar-refractivity contribution is -0.117. The number of β-amino-alcohol motifs (C(OH)–C–C–N with tert-alkyl or cyclic N) is 1. The summed E-state index contributed by atoms with van der Waals surface area (Å²) in [6.45, 7) is 3.53. The van der Waals surface area contributed by atoms with Crippen LogP contribution in [0.4, 0.5) is 5.82 Å². The van der Waals surface area contributed by atoms with Crippen LogP contribution in [0.15, 0.2) is 48.7 Å². The lowest BCUT2D eigenvalue weighted by atomic mass is 10.1. The molecule has 2 heterocycles. The Bertz CT molecular complexity index is 706. The Morgan fingerprint density at radius 1 is 1.32 bits per heavy atom. The summed E-state index contributed by atoms with van der Waals surface area (Å²) in [4.78, 5) is 18.1. The Morgan fingerprint density at radius 3 is 2.84 bits per heavy atom. The first-order chi connectivity index (χ1) is 12.0. The summed E-state index contributed by atoms with van der Waals surface area (Å²) in [5.74, 6) is 1.14. The normalized spacial score (nSPS) is 20.4. The number of hydrogen-bond donors (Lipinski definition) is 2. The number of hydrogen-bond acceptors (Lipinski definition) is 5. The van der Waals surface area contributed by atoms with Crippen LogP contribution in [0.2, 0.25) is 0 Å². The first-order valence-electron chi connectivity index (χ1n) is 8.38. The zero-order valence-corrected chi connectivity index (χ0v) is 14.3. The molecule has 1 fully saturated rings. The van der Waals surface area contributed by atoms with Gasteiger partial charge in [0.15, 0.2) is 0 Å². The van der Waals surface area contributed by atoms with Gasteiger partial charge in [-0.3, -0.25) is 9.69 Å². The van der Waals surface area contributed by atoms with Crippen molar-refractivity contribution in [2.45, 2.75) is 18.9 Å². The number of pyridine rings is 1. The fraction of sp³-hybridized carbons (Fsp3) is 0.368. The Morgan fingerprint density at radius 2 is 2.12 bits per heavy atom. The van der Waals surface area contributed by atoms with Gasteiger partial charge in [-0.15, -0.1) is 0 Å². The minimum atomic E-state index is -0.934. The number of rotatable bonds is 6. The van der Waals surface area contributed by atoms with E-state index in [1.54, 1.807) is 18.3 Å². The number of aromatic nitrogens is 1. The van der Waals surface area contributed by atoms with Gasteiger partial charge >= 0.3 is 0 Å². The number of amides is 1. The molecule has 0 spiro atoms. The molecule has 1 aliphatic heterocycles. The van der Waals surface area contributed by atoms with Gasteiger partial charge in [0.2, 0.25) is 5.91 Å². The van der Waals surface area contributed by atoms with Crippen molar-refractivity contribution in [2.24, 2.45) is 0 Å².